The minimum absolute atomic E-state index is 0.180. The van der Waals surface area contributed by atoms with E-state index in [1.807, 2.05) is 6.92 Å². The highest BCUT2D eigenvalue weighted by Crippen LogP contribution is 2.29. The molecule has 22 heavy (non-hydrogen) atoms. The Balaban J connectivity index is 1.80. The van der Waals surface area contributed by atoms with E-state index in [2.05, 4.69) is 0 Å². The Morgan fingerprint density at radius 3 is 2.05 bits per heavy atom. The van der Waals surface area contributed by atoms with Gasteiger partial charge in [0.2, 0.25) is 0 Å². The third-order valence-electron chi connectivity index (χ3n) is 4.21. The molecule has 0 radical (unpaired) electrons. The van der Waals surface area contributed by atoms with Crippen LogP contribution in [0, 0.1) is 6.92 Å². The van der Waals surface area contributed by atoms with Gasteiger partial charge < -0.3 is 9.47 Å². The summed E-state index contributed by atoms with van der Waals surface area (Å²) in [4.78, 5) is 0.180. The van der Waals surface area contributed by atoms with E-state index in [1.165, 1.54) is 0 Å². The van der Waals surface area contributed by atoms with E-state index in [0.29, 0.717) is 13.2 Å². The quantitative estimate of drug-likeness (QED) is 0.778. The zero-order valence-corrected chi connectivity index (χ0v) is 13.6. The van der Waals surface area contributed by atoms with Crippen molar-refractivity contribution in [2.24, 2.45) is 0 Å². The standard InChI is InChI=1S/C16H22O5S/c1-12-6-8-13(9-7-12)22(17,18)21-16(14-4-2-10-19-14)15-5-3-11-20-15/h6-9,14-16H,2-5,10-11H2,1H3. The number of benzene rings is 1. The third kappa shape index (κ3) is 3.51. The van der Waals surface area contributed by atoms with Crippen molar-refractivity contribution >= 4 is 10.1 Å². The highest BCUT2D eigenvalue weighted by atomic mass is 32.2. The van der Waals surface area contributed by atoms with E-state index in [1.54, 1.807) is 24.3 Å². The first-order valence-electron chi connectivity index (χ1n) is 7.79. The molecule has 2 unspecified atom stereocenters. The van der Waals surface area contributed by atoms with E-state index in [4.69, 9.17) is 13.7 Å². The largest absolute Gasteiger partial charge is 0.375 e. The molecule has 0 amide bonds. The van der Waals surface area contributed by atoms with Gasteiger partial charge >= 0.3 is 0 Å². The van der Waals surface area contributed by atoms with Gasteiger partial charge in [-0.2, -0.15) is 8.42 Å². The second-order valence-corrected chi connectivity index (χ2v) is 7.50. The van der Waals surface area contributed by atoms with Crippen LogP contribution in [0.4, 0.5) is 0 Å². The van der Waals surface area contributed by atoms with E-state index < -0.39 is 16.2 Å². The normalized spacial score (nSPS) is 27.1. The van der Waals surface area contributed by atoms with Gasteiger partial charge in [0.1, 0.15) is 6.10 Å². The molecule has 2 atom stereocenters. The van der Waals surface area contributed by atoms with Crippen LogP contribution >= 0.6 is 0 Å². The summed E-state index contributed by atoms with van der Waals surface area (Å²) in [6.45, 7) is 3.22. The molecule has 1 aromatic rings. The molecule has 2 saturated heterocycles. The minimum atomic E-state index is -3.81. The smallest absolute Gasteiger partial charge is 0.297 e. The topological polar surface area (TPSA) is 61.8 Å². The van der Waals surface area contributed by atoms with Crippen LogP contribution in [-0.2, 0) is 23.8 Å². The Morgan fingerprint density at radius 2 is 1.59 bits per heavy atom. The molecule has 0 saturated carbocycles. The molecule has 2 aliphatic rings. The Morgan fingerprint density at radius 1 is 1.05 bits per heavy atom. The molecule has 0 spiro atoms. The lowest BCUT2D eigenvalue weighted by molar-refractivity contribution is -0.0596. The summed E-state index contributed by atoms with van der Waals surface area (Å²) in [6, 6.07) is 6.69. The van der Waals surface area contributed by atoms with Crippen molar-refractivity contribution in [3.63, 3.8) is 0 Å². The van der Waals surface area contributed by atoms with Crippen LogP contribution in [-0.4, -0.2) is 39.9 Å². The molecule has 6 heteroatoms. The van der Waals surface area contributed by atoms with Gasteiger partial charge in [-0.25, -0.2) is 0 Å². The van der Waals surface area contributed by atoms with E-state index in [-0.39, 0.29) is 17.1 Å². The molecular formula is C16H22O5S. The number of aryl methyl sites for hydroxylation is 1. The second kappa shape index (κ2) is 6.66. The molecule has 0 N–H and O–H groups in total. The van der Waals surface area contributed by atoms with E-state index in [0.717, 1.165) is 31.2 Å². The Bertz CT molecular complexity index is 567. The molecule has 0 bridgehead atoms. The highest BCUT2D eigenvalue weighted by molar-refractivity contribution is 7.86. The van der Waals surface area contributed by atoms with Crippen LogP contribution in [0.25, 0.3) is 0 Å². The van der Waals surface area contributed by atoms with Crippen LogP contribution in [0.3, 0.4) is 0 Å². The first-order chi connectivity index (χ1) is 10.6. The number of hydrogen-bond donors (Lipinski definition) is 0. The van der Waals surface area contributed by atoms with Crippen molar-refractivity contribution in [2.75, 3.05) is 13.2 Å². The summed E-state index contributed by atoms with van der Waals surface area (Å²) in [7, 11) is -3.81. The van der Waals surface area contributed by atoms with Crippen molar-refractivity contribution in [2.45, 2.75) is 55.8 Å². The number of rotatable bonds is 5. The van der Waals surface area contributed by atoms with Gasteiger partial charge in [0.25, 0.3) is 10.1 Å². The lowest BCUT2D eigenvalue weighted by atomic mass is 10.0. The second-order valence-electron chi connectivity index (χ2n) is 5.93. The zero-order valence-electron chi connectivity index (χ0n) is 12.7. The summed E-state index contributed by atoms with van der Waals surface area (Å²) in [5.41, 5.74) is 1.01. The van der Waals surface area contributed by atoms with Crippen LogP contribution in [0.1, 0.15) is 31.2 Å². The van der Waals surface area contributed by atoms with Crippen LogP contribution in [0.15, 0.2) is 29.2 Å². The maximum Gasteiger partial charge on any atom is 0.297 e. The molecule has 5 nitrogen and oxygen atoms in total. The molecule has 2 heterocycles. The molecule has 2 aliphatic heterocycles. The lowest BCUT2D eigenvalue weighted by Crippen LogP contribution is -2.40. The van der Waals surface area contributed by atoms with E-state index in [9.17, 15) is 8.42 Å². The average Bonchev–Trinajstić information content (AvgIpc) is 3.19. The van der Waals surface area contributed by atoms with Crippen molar-refractivity contribution in [3.8, 4) is 0 Å². The number of ether oxygens (including phenoxy) is 2. The van der Waals surface area contributed by atoms with Gasteiger partial charge in [0, 0.05) is 13.2 Å². The Labute approximate surface area is 131 Å². The molecule has 3 rings (SSSR count). The molecule has 2 fully saturated rings. The van der Waals surface area contributed by atoms with Gasteiger partial charge in [0.15, 0.2) is 0 Å². The van der Waals surface area contributed by atoms with Gasteiger partial charge in [-0.1, -0.05) is 17.7 Å². The lowest BCUT2D eigenvalue weighted by Gasteiger charge is -2.27. The summed E-state index contributed by atoms with van der Waals surface area (Å²) in [5.74, 6) is 0. The van der Waals surface area contributed by atoms with E-state index >= 15 is 0 Å². The van der Waals surface area contributed by atoms with Crippen LogP contribution in [0.2, 0.25) is 0 Å². The molecule has 122 valence electrons. The Kier molecular flexibility index (Phi) is 4.82. The van der Waals surface area contributed by atoms with Crippen molar-refractivity contribution in [1.82, 2.24) is 0 Å². The summed E-state index contributed by atoms with van der Waals surface area (Å²) in [6.07, 6.45) is 2.52. The minimum Gasteiger partial charge on any atom is -0.375 e. The van der Waals surface area contributed by atoms with Gasteiger partial charge in [-0.15, -0.1) is 0 Å². The maximum atomic E-state index is 12.5. The summed E-state index contributed by atoms with van der Waals surface area (Å²) in [5, 5.41) is 0. The molecule has 0 aromatic heterocycles. The van der Waals surface area contributed by atoms with Gasteiger partial charge in [-0.3, -0.25) is 4.18 Å². The van der Waals surface area contributed by atoms with Crippen molar-refractivity contribution in [1.29, 1.82) is 0 Å². The SMILES string of the molecule is Cc1ccc(S(=O)(=O)OC(C2CCCO2)C2CCCO2)cc1. The molecule has 1 aromatic carbocycles. The molecular weight excluding hydrogens is 304 g/mol. The van der Waals surface area contributed by atoms with Gasteiger partial charge in [-0.05, 0) is 44.7 Å². The average molecular weight is 326 g/mol. The first kappa shape index (κ1) is 15.9. The fourth-order valence-corrected chi connectivity index (χ4v) is 4.11. The fraction of sp³-hybridized carbons (Fsp3) is 0.625. The fourth-order valence-electron chi connectivity index (χ4n) is 2.99. The third-order valence-corrected chi connectivity index (χ3v) is 5.54. The summed E-state index contributed by atoms with van der Waals surface area (Å²) >= 11 is 0. The predicted octanol–water partition coefficient (Wildman–Crippen LogP) is 2.43. The summed E-state index contributed by atoms with van der Waals surface area (Å²) < 4.78 is 41.9. The monoisotopic (exact) mass is 326 g/mol. The van der Waals surface area contributed by atoms with Crippen LogP contribution in [0.5, 0.6) is 0 Å². The Hall–Kier alpha value is -0.950. The van der Waals surface area contributed by atoms with Crippen molar-refractivity contribution < 1.29 is 22.1 Å². The zero-order chi connectivity index (χ0) is 15.6. The highest BCUT2D eigenvalue weighted by Gasteiger charge is 2.39. The molecule has 0 aliphatic carbocycles. The van der Waals surface area contributed by atoms with Crippen molar-refractivity contribution in [3.05, 3.63) is 29.8 Å². The van der Waals surface area contributed by atoms with Crippen LogP contribution < -0.4 is 0 Å². The van der Waals surface area contributed by atoms with Gasteiger partial charge in [0.05, 0.1) is 17.1 Å². The first-order valence-corrected chi connectivity index (χ1v) is 9.20. The maximum absolute atomic E-state index is 12.5. The number of hydrogen-bond acceptors (Lipinski definition) is 5. The predicted molar refractivity (Wildman–Crippen MR) is 81.2 cm³/mol.